The van der Waals surface area contributed by atoms with Crippen molar-refractivity contribution in [3.63, 3.8) is 0 Å². The van der Waals surface area contributed by atoms with Gasteiger partial charge in [-0.1, -0.05) is 38.1 Å². The van der Waals surface area contributed by atoms with Gasteiger partial charge in [0.05, 0.1) is 6.61 Å². The van der Waals surface area contributed by atoms with E-state index < -0.39 is 5.03 Å². The number of ether oxygens (including phenoxy) is 1. The topological polar surface area (TPSA) is 71.2 Å². The molecule has 0 bridgehead atoms. The third-order valence-corrected chi connectivity index (χ3v) is 5.13. The molecule has 0 amide bonds. The van der Waals surface area contributed by atoms with E-state index in [1.54, 1.807) is 0 Å². The molecule has 2 atom stereocenters. The summed E-state index contributed by atoms with van der Waals surface area (Å²) in [6.07, 6.45) is 4.87. The smallest absolute Gasteiger partial charge is 0.278 e. The highest BCUT2D eigenvalue weighted by atomic mass is 16.7. The average Bonchev–Trinajstić information content (AvgIpc) is 3.20. The zero-order valence-corrected chi connectivity index (χ0v) is 15.4. The normalized spacial score (nSPS) is 24.9. The molecule has 2 heterocycles. The van der Waals surface area contributed by atoms with Gasteiger partial charge in [0.2, 0.25) is 0 Å². The van der Waals surface area contributed by atoms with Gasteiger partial charge >= 0.3 is 0 Å². The van der Waals surface area contributed by atoms with Gasteiger partial charge < -0.3 is 14.5 Å². The van der Waals surface area contributed by atoms with Crippen molar-refractivity contribution in [2.75, 3.05) is 32.8 Å². The van der Waals surface area contributed by atoms with E-state index in [1.165, 1.54) is 5.56 Å². The molecular weight excluding hydrogens is 332 g/mol. The largest absolute Gasteiger partial charge is 0.381 e. The fraction of sp³-hybridized carbons (Fsp3) is 0.526. The van der Waals surface area contributed by atoms with Crippen LogP contribution >= 0.6 is 0 Å². The highest BCUT2D eigenvalue weighted by Crippen LogP contribution is 2.23. The second-order valence-electron chi connectivity index (χ2n) is 6.96. The molecule has 1 aromatic rings. The second kappa shape index (κ2) is 8.31. The first-order valence-electron chi connectivity index (χ1n) is 9.16. The van der Waals surface area contributed by atoms with Gasteiger partial charge in [0.25, 0.3) is 5.96 Å². The minimum Gasteiger partial charge on any atom is -0.381 e. The minimum atomic E-state index is -0.612. The van der Waals surface area contributed by atoms with Gasteiger partial charge in [0.15, 0.2) is 5.03 Å². The van der Waals surface area contributed by atoms with Gasteiger partial charge in [0.1, 0.15) is 5.10 Å². The predicted molar refractivity (Wildman–Crippen MR) is 101 cm³/mol. The van der Waals surface area contributed by atoms with Crippen LogP contribution in [0.4, 0.5) is 0 Å². The van der Waals surface area contributed by atoms with Crippen LogP contribution in [-0.4, -0.2) is 53.6 Å². The Balaban J connectivity index is 1.71. The molecule has 2 fully saturated rings. The molecule has 140 valence electrons. The number of benzene rings is 1. The molecule has 2 unspecified atom stereocenters. The Morgan fingerprint density at radius 2 is 2.08 bits per heavy atom. The van der Waals surface area contributed by atoms with E-state index in [9.17, 15) is 10.1 Å². The summed E-state index contributed by atoms with van der Waals surface area (Å²) < 4.78 is 5.52. The van der Waals surface area contributed by atoms with Crippen LogP contribution in [0.25, 0.3) is 6.08 Å². The summed E-state index contributed by atoms with van der Waals surface area (Å²) in [6.45, 7) is 7.92. The fourth-order valence-electron chi connectivity index (χ4n) is 3.38. The van der Waals surface area contributed by atoms with E-state index in [-0.39, 0.29) is 0 Å². The van der Waals surface area contributed by atoms with Crippen molar-refractivity contribution < 1.29 is 9.77 Å². The van der Waals surface area contributed by atoms with Crippen LogP contribution in [-0.2, 0) is 11.2 Å². The summed E-state index contributed by atoms with van der Waals surface area (Å²) >= 11 is 0. The lowest BCUT2D eigenvalue weighted by atomic mass is 9.98. The molecule has 2 aliphatic rings. The van der Waals surface area contributed by atoms with Crippen molar-refractivity contribution in [3.05, 3.63) is 51.7 Å². The van der Waals surface area contributed by atoms with Crippen LogP contribution in [0.15, 0.2) is 35.6 Å². The summed E-state index contributed by atoms with van der Waals surface area (Å²) in [6, 6.07) is 8.32. The SMILES string of the molecule is CCc1ccc(C=CN2CCN(CC3COCC3C)C2=N[N+](=O)[O-])cc1. The number of hydrogen-bond acceptors (Lipinski definition) is 3. The first-order chi connectivity index (χ1) is 12.6. The van der Waals surface area contributed by atoms with E-state index in [2.05, 4.69) is 43.2 Å². The fourth-order valence-corrected chi connectivity index (χ4v) is 3.38. The van der Waals surface area contributed by atoms with Gasteiger partial charge in [-0.25, -0.2) is 10.1 Å². The number of hydrazone groups is 1. The molecular formula is C19H26N4O3. The van der Waals surface area contributed by atoms with Crippen molar-refractivity contribution in [2.24, 2.45) is 16.9 Å². The van der Waals surface area contributed by atoms with E-state index in [4.69, 9.17) is 4.74 Å². The number of rotatable bonds is 6. The molecule has 0 spiro atoms. The Kier molecular flexibility index (Phi) is 5.88. The molecule has 3 rings (SSSR count). The third kappa shape index (κ3) is 4.40. The average molecular weight is 358 g/mol. The maximum atomic E-state index is 11.0. The summed E-state index contributed by atoms with van der Waals surface area (Å²) in [4.78, 5) is 14.9. The quantitative estimate of drug-likeness (QED) is 0.577. The molecule has 0 N–H and O–H groups in total. The van der Waals surface area contributed by atoms with Gasteiger partial charge in [-0.2, -0.15) is 0 Å². The van der Waals surface area contributed by atoms with Crippen LogP contribution in [0.2, 0.25) is 0 Å². The van der Waals surface area contributed by atoms with Gasteiger partial charge in [-0.05, 0) is 29.5 Å². The number of guanidine groups is 1. The Hall–Kier alpha value is -2.41. The number of hydrogen-bond donors (Lipinski definition) is 0. The van der Waals surface area contributed by atoms with Crippen LogP contribution in [0.1, 0.15) is 25.0 Å². The first-order valence-corrected chi connectivity index (χ1v) is 9.16. The van der Waals surface area contributed by atoms with Crippen molar-refractivity contribution in [1.29, 1.82) is 0 Å². The molecule has 2 saturated heterocycles. The summed E-state index contributed by atoms with van der Waals surface area (Å²) in [5.74, 6) is 1.27. The highest BCUT2D eigenvalue weighted by molar-refractivity contribution is 5.83. The lowest BCUT2D eigenvalue weighted by molar-refractivity contribution is -0.486. The maximum Gasteiger partial charge on any atom is 0.278 e. The van der Waals surface area contributed by atoms with E-state index in [1.807, 2.05) is 22.1 Å². The standard InChI is InChI=1S/C19H26N4O3/c1-3-16-4-6-17(7-5-16)8-9-21-10-11-22(19(21)20-23(24)25)12-18-14-26-13-15(18)2/h4-9,15,18H,3,10-14H2,1-2H3. The Morgan fingerprint density at radius 3 is 2.69 bits per heavy atom. The van der Waals surface area contributed by atoms with Crippen LogP contribution in [0.5, 0.6) is 0 Å². The zero-order chi connectivity index (χ0) is 18.5. The third-order valence-electron chi connectivity index (χ3n) is 5.13. The van der Waals surface area contributed by atoms with Crippen LogP contribution in [0, 0.1) is 22.0 Å². The van der Waals surface area contributed by atoms with Crippen LogP contribution < -0.4 is 0 Å². The number of nitrogens with zero attached hydrogens (tertiary/aromatic N) is 4. The summed E-state index contributed by atoms with van der Waals surface area (Å²) in [5, 5.41) is 14.0. The van der Waals surface area contributed by atoms with Gasteiger partial charge in [-0.3, -0.25) is 0 Å². The lowest BCUT2D eigenvalue weighted by Gasteiger charge is -2.23. The van der Waals surface area contributed by atoms with Crippen molar-refractivity contribution in [3.8, 4) is 0 Å². The number of nitro groups is 1. The molecule has 2 aliphatic heterocycles. The van der Waals surface area contributed by atoms with E-state index >= 15 is 0 Å². The maximum absolute atomic E-state index is 11.0. The molecule has 7 nitrogen and oxygen atoms in total. The predicted octanol–water partition coefficient (Wildman–Crippen LogP) is 2.67. The van der Waals surface area contributed by atoms with Crippen LogP contribution in [0.3, 0.4) is 0 Å². The Morgan fingerprint density at radius 1 is 1.31 bits per heavy atom. The number of aryl methyl sites for hydroxylation is 1. The lowest BCUT2D eigenvalue weighted by Crippen LogP contribution is -2.37. The molecule has 0 radical (unpaired) electrons. The Labute approximate surface area is 154 Å². The summed E-state index contributed by atoms with van der Waals surface area (Å²) in [7, 11) is 0. The molecule has 0 aromatic heterocycles. The second-order valence-corrected chi connectivity index (χ2v) is 6.96. The minimum absolute atomic E-state index is 0.387. The molecule has 26 heavy (non-hydrogen) atoms. The van der Waals surface area contributed by atoms with Crippen molar-refractivity contribution in [2.45, 2.75) is 20.3 Å². The summed E-state index contributed by atoms with van der Waals surface area (Å²) in [5.41, 5.74) is 2.36. The van der Waals surface area contributed by atoms with Crippen molar-refractivity contribution >= 4 is 12.0 Å². The highest BCUT2D eigenvalue weighted by Gasteiger charge is 2.33. The monoisotopic (exact) mass is 358 g/mol. The molecule has 0 aliphatic carbocycles. The Bertz CT molecular complexity index is 687. The van der Waals surface area contributed by atoms with Gasteiger partial charge in [0, 0.05) is 38.4 Å². The molecule has 7 heteroatoms. The molecule has 1 aromatic carbocycles. The van der Waals surface area contributed by atoms with E-state index in [0.717, 1.165) is 31.7 Å². The first kappa shape index (κ1) is 18.4. The van der Waals surface area contributed by atoms with E-state index in [0.29, 0.717) is 30.9 Å². The molecule has 0 saturated carbocycles. The van der Waals surface area contributed by atoms with Crippen molar-refractivity contribution in [1.82, 2.24) is 9.80 Å². The zero-order valence-electron chi connectivity index (χ0n) is 15.4. The van der Waals surface area contributed by atoms with Gasteiger partial charge in [-0.15, -0.1) is 0 Å².